The van der Waals surface area contributed by atoms with Gasteiger partial charge in [-0.05, 0) is 48.6 Å². The molecule has 11 heteroatoms. The number of aliphatic hydroxyl groups is 1. The molecule has 0 aromatic heterocycles. The van der Waals surface area contributed by atoms with E-state index in [4.69, 9.17) is 35.9 Å². The summed E-state index contributed by atoms with van der Waals surface area (Å²) < 4.78 is 142. The number of benzene rings is 2. The number of fused-ring (bicyclic) bond motifs is 1. The van der Waals surface area contributed by atoms with Gasteiger partial charge in [0.25, 0.3) is 0 Å². The molecule has 1 amide bonds. The highest BCUT2D eigenvalue weighted by molar-refractivity contribution is 7.89. The van der Waals surface area contributed by atoms with Crippen LogP contribution in [0, 0.1) is 23.1 Å². The molecule has 2 aliphatic heterocycles. The maximum atomic E-state index is 14.1. The number of rotatable bonds is 11. The topological polar surface area (TPSA) is 138 Å². The molecule has 4 rings (SSSR count). The van der Waals surface area contributed by atoms with Gasteiger partial charge in [-0.15, -0.1) is 0 Å². The highest BCUT2D eigenvalue weighted by Gasteiger charge is 2.44. The van der Waals surface area contributed by atoms with Gasteiger partial charge in [0.1, 0.15) is 6.08 Å². The largest absolute Gasteiger partial charge is 0.443 e. The molecule has 2 heterocycles. The molecule has 2 fully saturated rings. The standard InChI is InChI=1S/C28H35N3O7S/c1-19(2)16-31(39(34,35)22-10-8-21(15-29)9-11-22)17-25(32)24(14-20-6-4-3-5-7-20)30-28(33)38-26-18-37-27-23(26)12-13-36-27/h3-11,19,23-27,32H,12-14,16-18H2,1-2H3,(H,30,33)/t23-,24-,25+,26-,27+/m0/s1/i1D3,2D3,16D2,18D2,19D,26D. The molecule has 2 aromatic carbocycles. The number of sulfonamides is 1. The predicted molar refractivity (Wildman–Crippen MR) is 142 cm³/mol. The number of carbonyl (C=O) groups excluding carboxylic acids is 1. The molecule has 2 aliphatic rings. The lowest BCUT2D eigenvalue weighted by Crippen LogP contribution is -2.51. The zero-order chi connectivity index (χ0) is 38.4. The summed E-state index contributed by atoms with van der Waals surface area (Å²) in [7, 11) is -5.36. The Bertz CT molecular complexity index is 1710. The van der Waals surface area contributed by atoms with Crippen LogP contribution in [0.1, 0.15) is 47.7 Å². The maximum absolute atomic E-state index is 14.1. The first-order valence-electron chi connectivity index (χ1n) is 17.9. The van der Waals surface area contributed by atoms with Crippen molar-refractivity contribution in [1.82, 2.24) is 9.62 Å². The van der Waals surface area contributed by atoms with E-state index < -0.39 is 90.6 Å². The summed E-state index contributed by atoms with van der Waals surface area (Å²) in [5, 5.41) is 23.0. The van der Waals surface area contributed by atoms with Gasteiger partial charge < -0.3 is 24.6 Å². The predicted octanol–water partition coefficient (Wildman–Crippen LogP) is 2.66. The Labute approximate surface area is 246 Å². The van der Waals surface area contributed by atoms with Crippen LogP contribution < -0.4 is 5.32 Å². The molecule has 0 spiro atoms. The first-order chi connectivity index (χ1) is 23.3. The van der Waals surface area contributed by atoms with Crippen molar-refractivity contribution in [3.63, 3.8) is 0 Å². The number of aliphatic hydroxyl groups excluding tert-OH is 1. The number of nitriles is 1. The Morgan fingerprint density at radius 2 is 2.08 bits per heavy atom. The minimum Gasteiger partial charge on any atom is -0.443 e. The van der Waals surface area contributed by atoms with Crippen molar-refractivity contribution in [1.29, 1.82) is 5.26 Å². The molecule has 39 heavy (non-hydrogen) atoms. The van der Waals surface area contributed by atoms with Crippen LogP contribution in [0.5, 0.6) is 0 Å². The van der Waals surface area contributed by atoms with Gasteiger partial charge in [0.15, 0.2) is 6.29 Å². The Balaban J connectivity index is 1.78. The van der Waals surface area contributed by atoms with Crippen molar-refractivity contribution in [3.8, 4) is 6.07 Å². The van der Waals surface area contributed by atoms with Gasteiger partial charge in [-0.3, -0.25) is 0 Å². The molecule has 10 nitrogen and oxygen atoms in total. The van der Waals surface area contributed by atoms with E-state index in [-0.39, 0.29) is 29.3 Å². The van der Waals surface area contributed by atoms with E-state index in [1.165, 1.54) is 0 Å². The number of ether oxygens (including phenoxy) is 3. The number of hydrogen-bond acceptors (Lipinski definition) is 8. The molecule has 0 saturated carbocycles. The molecule has 0 unspecified atom stereocenters. The Hall–Kier alpha value is -3.01. The van der Waals surface area contributed by atoms with E-state index in [0.717, 1.165) is 24.3 Å². The van der Waals surface area contributed by atoms with Crippen molar-refractivity contribution >= 4 is 16.1 Å². The smallest absolute Gasteiger partial charge is 0.407 e. The van der Waals surface area contributed by atoms with Crippen LogP contribution in [0.15, 0.2) is 59.5 Å². The third kappa shape index (κ3) is 7.35. The molecular weight excluding hydrogens is 522 g/mol. The second kappa shape index (κ2) is 12.9. The lowest BCUT2D eigenvalue weighted by atomic mass is 10.0. The van der Waals surface area contributed by atoms with Crippen molar-refractivity contribution in [2.75, 3.05) is 26.2 Å². The Morgan fingerprint density at radius 1 is 1.33 bits per heavy atom. The normalized spacial score (nSPS) is 31.3. The monoisotopic (exact) mass is 569 g/mol. The molecule has 2 aromatic rings. The summed E-state index contributed by atoms with van der Waals surface area (Å²) >= 11 is 0. The number of carbonyl (C=O) groups is 1. The summed E-state index contributed by atoms with van der Waals surface area (Å²) in [4.78, 5) is 12.6. The molecule has 2 saturated heterocycles. The van der Waals surface area contributed by atoms with Crippen LogP contribution in [-0.4, -0.2) is 74.6 Å². The summed E-state index contributed by atoms with van der Waals surface area (Å²) in [5.41, 5.74) is 0.393. The van der Waals surface area contributed by atoms with Gasteiger partial charge in [0.05, 0.1) is 51.9 Å². The molecule has 0 radical (unpaired) electrons. The summed E-state index contributed by atoms with van der Waals surface area (Å²) in [6.45, 7) is -16.3. The minimum absolute atomic E-state index is 0.0197. The van der Waals surface area contributed by atoms with Crippen molar-refractivity contribution in [3.05, 3.63) is 65.7 Å². The molecular formula is C28H35N3O7S. The van der Waals surface area contributed by atoms with Crippen molar-refractivity contribution in [2.45, 2.75) is 56.0 Å². The highest BCUT2D eigenvalue weighted by atomic mass is 32.2. The number of hydrogen-bond donors (Lipinski definition) is 2. The van der Waals surface area contributed by atoms with E-state index in [9.17, 15) is 18.3 Å². The van der Waals surface area contributed by atoms with Crippen LogP contribution in [0.3, 0.4) is 0 Å². The zero-order valence-corrected chi connectivity index (χ0v) is 21.3. The van der Waals surface area contributed by atoms with E-state index in [1.807, 2.05) is 0 Å². The Morgan fingerprint density at radius 3 is 2.77 bits per heavy atom. The highest BCUT2D eigenvalue weighted by Crippen LogP contribution is 2.33. The van der Waals surface area contributed by atoms with Crippen LogP contribution >= 0.6 is 0 Å². The molecule has 210 valence electrons. The summed E-state index contributed by atoms with van der Waals surface area (Å²) in [6.07, 6.45) is -7.77. The van der Waals surface area contributed by atoms with Gasteiger partial charge in [-0.1, -0.05) is 44.0 Å². The first kappa shape index (κ1) is 16.9. The second-order valence-electron chi connectivity index (χ2n) is 8.78. The lowest BCUT2D eigenvalue weighted by molar-refractivity contribution is -0.0907. The fourth-order valence-electron chi connectivity index (χ4n) is 4.11. The van der Waals surface area contributed by atoms with Gasteiger partial charge in [-0.2, -0.15) is 9.57 Å². The maximum Gasteiger partial charge on any atom is 0.407 e. The van der Waals surface area contributed by atoms with E-state index in [1.54, 1.807) is 36.4 Å². The quantitative estimate of drug-likeness (QED) is 0.421. The van der Waals surface area contributed by atoms with Crippen molar-refractivity contribution in [2.24, 2.45) is 11.8 Å². The average Bonchev–Trinajstić information content (AvgIpc) is 3.56. The molecule has 2 N–H and O–H groups in total. The first-order valence-corrected chi connectivity index (χ1v) is 13.3. The number of nitrogens with zero attached hydrogens (tertiary/aromatic N) is 2. The second-order valence-corrected chi connectivity index (χ2v) is 10.6. The van der Waals surface area contributed by atoms with E-state index >= 15 is 0 Å². The number of amides is 1. The molecule has 5 atom stereocenters. The Kier molecular flexibility index (Phi) is 5.60. The fraction of sp³-hybridized carbons (Fsp3) is 0.500. The third-order valence-electron chi connectivity index (χ3n) is 6.08. The van der Waals surface area contributed by atoms with E-state index in [2.05, 4.69) is 5.32 Å². The van der Waals surface area contributed by atoms with Gasteiger partial charge in [0, 0.05) is 25.4 Å². The molecule has 0 aliphatic carbocycles. The van der Waals surface area contributed by atoms with Gasteiger partial charge >= 0.3 is 6.09 Å². The molecule has 0 bridgehead atoms. The van der Waals surface area contributed by atoms with Gasteiger partial charge in [-0.25, -0.2) is 13.2 Å². The van der Waals surface area contributed by atoms with Crippen LogP contribution in [0.2, 0.25) is 0 Å². The SMILES string of the molecule is [2H]C([2H])([2H])C([2H])(C([2H])([2H])[2H])C([2H])([2H])N(C[C@@H](O)[C@H](Cc1ccccc1)NC(=O)O[C@]1([2H])[C@@H]2CCO[C@@H]2OC1([2H])[2H])S(=O)(=O)c1ccc(C#N)cc1. The van der Waals surface area contributed by atoms with Crippen LogP contribution in [0.25, 0.3) is 0 Å². The lowest BCUT2D eigenvalue weighted by Gasteiger charge is -2.31. The third-order valence-corrected chi connectivity index (χ3v) is 7.77. The summed E-state index contributed by atoms with van der Waals surface area (Å²) in [6, 6.07) is 11.8. The van der Waals surface area contributed by atoms with E-state index in [0.29, 0.717) is 5.56 Å². The van der Waals surface area contributed by atoms with Gasteiger partial charge in [0.2, 0.25) is 10.0 Å². The van der Waals surface area contributed by atoms with Crippen LogP contribution in [-0.2, 0) is 30.7 Å². The van der Waals surface area contributed by atoms with Crippen molar-refractivity contribution < 1.29 is 49.0 Å². The van der Waals surface area contributed by atoms with Crippen LogP contribution in [0.4, 0.5) is 4.79 Å². The number of nitrogens with one attached hydrogen (secondary N) is 1. The average molecular weight is 570 g/mol. The number of alkyl carbamates (subject to hydrolysis) is 1. The minimum atomic E-state index is -5.36. The summed E-state index contributed by atoms with van der Waals surface area (Å²) in [5.74, 6) is -5.21. The zero-order valence-electron chi connectivity index (χ0n) is 32.5. The fourth-order valence-corrected chi connectivity index (χ4v) is 5.40.